The van der Waals surface area contributed by atoms with Gasteiger partial charge in [0, 0.05) is 69.6 Å². The number of nitrogens with zero attached hydrogens (tertiary/aromatic N) is 5. The Bertz CT molecular complexity index is 2260. The molecule has 0 radical (unpaired) electrons. The number of carbonyl (C=O) groups is 5. The summed E-state index contributed by atoms with van der Waals surface area (Å²) in [7, 11) is 9.00. The Labute approximate surface area is 342 Å². The van der Waals surface area contributed by atoms with E-state index in [2.05, 4.69) is 20.4 Å². The van der Waals surface area contributed by atoms with Crippen LogP contribution < -0.4 is 30.4 Å². The summed E-state index contributed by atoms with van der Waals surface area (Å²) in [6.45, 7) is 4.04. The zero-order valence-electron chi connectivity index (χ0n) is 34.2. The second kappa shape index (κ2) is 16.1. The number of methoxy groups -OCH3 is 2. The summed E-state index contributed by atoms with van der Waals surface area (Å²) in [5.74, 6) is 0.391. The number of amides is 6. The monoisotopic (exact) mass is 809 g/mol. The third kappa shape index (κ3) is 7.55. The van der Waals surface area contributed by atoms with Gasteiger partial charge in [-0.3, -0.25) is 39.1 Å². The Kier molecular flexibility index (Phi) is 11.0. The van der Waals surface area contributed by atoms with Gasteiger partial charge in [0.05, 0.1) is 37.5 Å². The normalized spacial score (nSPS) is 22.7. The fraction of sp³-hybridized carbons (Fsp3) is 0.488. The Morgan fingerprint density at radius 3 is 2.36 bits per heavy atom. The van der Waals surface area contributed by atoms with Crippen molar-refractivity contribution in [2.45, 2.75) is 57.3 Å². The van der Waals surface area contributed by atoms with Crippen molar-refractivity contribution in [3.63, 3.8) is 0 Å². The number of fused-ring (bicyclic) bond motifs is 3. The number of piperidine rings is 1. The minimum Gasteiger partial charge on any atom is -0.496 e. The first-order valence-corrected chi connectivity index (χ1v) is 20.2. The molecule has 3 fully saturated rings. The molecule has 16 nitrogen and oxygen atoms in total. The van der Waals surface area contributed by atoms with Crippen LogP contribution in [0.1, 0.15) is 63.1 Å². The Hall–Kier alpha value is -5.74. The van der Waals surface area contributed by atoms with E-state index in [1.54, 1.807) is 48.9 Å². The zero-order chi connectivity index (χ0) is 41.7. The highest BCUT2D eigenvalue weighted by atomic mass is 16.5. The van der Waals surface area contributed by atoms with Crippen LogP contribution in [0.25, 0.3) is 11.1 Å². The van der Waals surface area contributed by atoms with Crippen LogP contribution in [0.4, 0.5) is 4.79 Å². The molecule has 5 heterocycles. The Morgan fingerprint density at radius 2 is 1.64 bits per heavy atom. The van der Waals surface area contributed by atoms with Gasteiger partial charge in [0.1, 0.15) is 29.9 Å². The summed E-state index contributed by atoms with van der Waals surface area (Å²) in [5, 5.41) is 5.54. The zero-order valence-corrected chi connectivity index (χ0v) is 34.2. The highest BCUT2D eigenvalue weighted by Gasteiger charge is 2.46. The number of benzene rings is 2. The number of urea groups is 1. The van der Waals surface area contributed by atoms with E-state index in [0.717, 1.165) is 53.1 Å². The van der Waals surface area contributed by atoms with Crippen LogP contribution >= 0.6 is 0 Å². The van der Waals surface area contributed by atoms with Crippen molar-refractivity contribution in [1.82, 2.24) is 34.8 Å². The van der Waals surface area contributed by atoms with E-state index >= 15 is 0 Å². The molecule has 4 unspecified atom stereocenters. The minimum absolute atomic E-state index is 0.0159. The molecule has 2 aromatic carbocycles. The standard InChI is InChI=1S/C43H51N7O9/c1-46(2)20-33-36(57-4)16-25(17-37(33)58-5)30-21-47(3)40(53)32-23-49(13-12-27(30)32)43(56)44-34-9-6-24-19-48(22-31(24)34)14-15-59-26-7-8-28-29(18-26)42(55)50(41(28)54)35-10-11-38(51)45-39(35)52/h7-8,16-18,21,24,31,34-35H,6,9-15,19-20,22-23H2,1-5H3,(H,44,56)(H,45,51,52). The molecule has 1 aliphatic carbocycles. The molecule has 4 atom stereocenters. The number of ether oxygens (including phenoxy) is 3. The lowest BCUT2D eigenvalue weighted by atomic mass is 9.91. The first-order valence-electron chi connectivity index (χ1n) is 20.2. The van der Waals surface area contributed by atoms with Crippen molar-refractivity contribution in [1.29, 1.82) is 0 Å². The molecule has 59 heavy (non-hydrogen) atoms. The SMILES string of the molecule is COc1cc(-c2cn(C)c(=O)c3c2CCN(C(=O)NC2CCC4CN(CCOc5ccc6c(c5)C(=O)N(C5CCC(=O)NC5=O)C6=O)CC42)C3)cc(OC)c1CN(C)C. The molecule has 1 aromatic heterocycles. The molecule has 5 aliphatic rings. The van der Waals surface area contributed by atoms with Crippen LogP contribution in [-0.2, 0) is 36.1 Å². The number of imide groups is 2. The quantitative estimate of drug-likeness (QED) is 0.273. The van der Waals surface area contributed by atoms with E-state index in [9.17, 15) is 28.8 Å². The predicted octanol–water partition coefficient (Wildman–Crippen LogP) is 2.39. The van der Waals surface area contributed by atoms with Crippen LogP contribution in [0, 0.1) is 11.8 Å². The van der Waals surface area contributed by atoms with Gasteiger partial charge in [-0.2, -0.15) is 0 Å². The summed E-state index contributed by atoms with van der Waals surface area (Å²) < 4.78 is 19.2. The van der Waals surface area contributed by atoms with Crippen LogP contribution in [0.2, 0.25) is 0 Å². The lowest BCUT2D eigenvalue weighted by Crippen LogP contribution is -2.54. The van der Waals surface area contributed by atoms with Crippen molar-refractivity contribution >= 4 is 29.7 Å². The first-order chi connectivity index (χ1) is 28.3. The molecule has 6 amide bonds. The van der Waals surface area contributed by atoms with E-state index in [1.165, 1.54) is 0 Å². The Balaban J connectivity index is 0.873. The van der Waals surface area contributed by atoms with Gasteiger partial charge < -0.3 is 33.9 Å². The molecule has 0 bridgehead atoms. The van der Waals surface area contributed by atoms with Gasteiger partial charge in [-0.25, -0.2) is 4.79 Å². The topological polar surface area (TPSA) is 172 Å². The van der Waals surface area contributed by atoms with Gasteiger partial charge in [0.15, 0.2) is 0 Å². The number of rotatable bonds is 11. The lowest BCUT2D eigenvalue weighted by Gasteiger charge is -2.32. The average molecular weight is 810 g/mol. The molecule has 312 valence electrons. The van der Waals surface area contributed by atoms with Crippen LogP contribution in [0.3, 0.4) is 0 Å². The molecule has 4 aliphatic heterocycles. The molecule has 2 N–H and O–H groups in total. The van der Waals surface area contributed by atoms with Gasteiger partial charge in [0.25, 0.3) is 17.4 Å². The number of aryl methyl sites for hydroxylation is 1. The molecule has 16 heteroatoms. The number of hydrogen-bond acceptors (Lipinski definition) is 11. The van der Waals surface area contributed by atoms with E-state index < -0.39 is 29.7 Å². The number of likely N-dealkylation sites (tertiary alicyclic amines) is 1. The number of carbonyl (C=O) groups excluding carboxylic acids is 5. The maximum absolute atomic E-state index is 13.8. The Morgan fingerprint density at radius 1 is 0.898 bits per heavy atom. The maximum Gasteiger partial charge on any atom is 0.317 e. The third-order valence-electron chi connectivity index (χ3n) is 12.6. The molecule has 1 saturated carbocycles. The highest BCUT2D eigenvalue weighted by molar-refractivity contribution is 6.23. The van der Waals surface area contributed by atoms with Crippen LogP contribution in [0.15, 0.2) is 41.3 Å². The molecule has 3 aromatic rings. The van der Waals surface area contributed by atoms with Gasteiger partial charge in [-0.05, 0) is 93.1 Å². The van der Waals surface area contributed by atoms with E-state index in [4.69, 9.17) is 14.2 Å². The van der Waals surface area contributed by atoms with Gasteiger partial charge >= 0.3 is 6.03 Å². The fourth-order valence-corrected chi connectivity index (χ4v) is 9.64. The molecule has 8 rings (SSSR count). The highest BCUT2D eigenvalue weighted by Crippen LogP contribution is 2.40. The lowest BCUT2D eigenvalue weighted by molar-refractivity contribution is -0.136. The molecular formula is C43H51N7O9. The minimum atomic E-state index is -1.02. The third-order valence-corrected chi connectivity index (χ3v) is 12.6. The summed E-state index contributed by atoms with van der Waals surface area (Å²) in [6, 6.07) is 7.55. The molecule has 2 saturated heterocycles. The molecular weight excluding hydrogens is 759 g/mol. The van der Waals surface area contributed by atoms with Crippen molar-refractivity contribution in [3.8, 4) is 28.4 Å². The second-order valence-electron chi connectivity index (χ2n) is 16.5. The van der Waals surface area contributed by atoms with E-state index in [1.807, 2.05) is 32.4 Å². The van der Waals surface area contributed by atoms with E-state index in [-0.39, 0.29) is 54.1 Å². The number of aromatic nitrogens is 1. The predicted molar refractivity (Wildman–Crippen MR) is 215 cm³/mol. The molecule has 0 spiro atoms. The number of pyridine rings is 1. The fourth-order valence-electron chi connectivity index (χ4n) is 9.64. The largest absolute Gasteiger partial charge is 0.496 e. The summed E-state index contributed by atoms with van der Waals surface area (Å²) in [4.78, 5) is 84.7. The number of hydrogen-bond donors (Lipinski definition) is 2. The maximum atomic E-state index is 13.8. The van der Waals surface area contributed by atoms with Crippen LogP contribution in [-0.4, -0.2) is 127 Å². The number of nitrogens with one attached hydrogen (secondary N) is 2. The second-order valence-corrected chi connectivity index (χ2v) is 16.5. The van der Waals surface area contributed by atoms with Crippen molar-refractivity contribution in [3.05, 3.63) is 74.7 Å². The van der Waals surface area contributed by atoms with Gasteiger partial charge in [-0.15, -0.1) is 0 Å². The van der Waals surface area contributed by atoms with Crippen molar-refractivity contribution in [2.75, 3.05) is 61.1 Å². The summed E-state index contributed by atoms with van der Waals surface area (Å²) >= 11 is 0. The van der Waals surface area contributed by atoms with E-state index in [0.29, 0.717) is 61.4 Å². The van der Waals surface area contributed by atoms with Gasteiger partial charge in [0.2, 0.25) is 11.8 Å². The average Bonchev–Trinajstić information content (AvgIpc) is 3.87. The summed E-state index contributed by atoms with van der Waals surface area (Å²) in [5.41, 5.74) is 4.56. The van der Waals surface area contributed by atoms with Crippen molar-refractivity contribution in [2.24, 2.45) is 18.9 Å². The van der Waals surface area contributed by atoms with Crippen LogP contribution in [0.5, 0.6) is 17.2 Å². The summed E-state index contributed by atoms with van der Waals surface area (Å²) in [6.07, 6.45) is 4.45. The smallest absolute Gasteiger partial charge is 0.317 e. The van der Waals surface area contributed by atoms with Gasteiger partial charge in [-0.1, -0.05) is 0 Å². The van der Waals surface area contributed by atoms with Crippen molar-refractivity contribution < 1.29 is 38.2 Å². The first kappa shape index (κ1) is 40.1.